The molecule has 0 aliphatic rings. The molecule has 28 nitrogen and oxygen atoms in total. The van der Waals surface area contributed by atoms with E-state index in [-0.39, 0.29) is 64.6 Å². The lowest BCUT2D eigenvalue weighted by molar-refractivity contribution is -0.143. The third-order valence-corrected chi connectivity index (χ3v) is 8.05. The van der Waals surface area contributed by atoms with Crippen molar-refractivity contribution < 1.29 is 92.2 Å². The molecule has 4 atom stereocenters. The summed E-state index contributed by atoms with van der Waals surface area (Å²) in [5, 5.41) is 53.9. The van der Waals surface area contributed by atoms with Crippen molar-refractivity contribution in [3.63, 3.8) is 0 Å². The highest BCUT2D eigenvalue weighted by Crippen LogP contribution is 2.05. The van der Waals surface area contributed by atoms with Gasteiger partial charge >= 0.3 is 23.9 Å². The number of hydrogen-bond donors (Lipinski definition) is 13. The van der Waals surface area contributed by atoms with E-state index in [9.17, 15) is 77.6 Å². The fourth-order valence-corrected chi connectivity index (χ4v) is 4.88. The topological polar surface area (TPSA) is 444 Å². The van der Waals surface area contributed by atoms with Gasteiger partial charge in [-0.15, -0.1) is 0 Å². The Morgan fingerprint density at radius 3 is 1.41 bits per heavy atom. The van der Waals surface area contributed by atoms with Crippen molar-refractivity contribution in [2.24, 2.45) is 5.73 Å². The van der Waals surface area contributed by atoms with Crippen molar-refractivity contribution in [2.75, 3.05) is 59.2 Å². The molecule has 0 aromatic rings. The van der Waals surface area contributed by atoms with E-state index in [1.165, 1.54) is 6.92 Å². The van der Waals surface area contributed by atoms with E-state index in [1.807, 2.05) is 16.0 Å². The van der Waals surface area contributed by atoms with Crippen molar-refractivity contribution in [3.05, 3.63) is 0 Å². The maximum atomic E-state index is 13.2. The van der Waals surface area contributed by atoms with Crippen LogP contribution in [0.3, 0.4) is 0 Å². The van der Waals surface area contributed by atoms with Crippen LogP contribution < -0.4 is 48.3 Å². The van der Waals surface area contributed by atoms with Gasteiger partial charge in [0, 0.05) is 19.4 Å². The van der Waals surface area contributed by atoms with Crippen molar-refractivity contribution in [3.8, 4) is 0 Å². The number of aliphatic carboxylic acids is 4. The second kappa shape index (κ2) is 32.8. The number of nitrogens with one attached hydrogen (secondary N) is 8. The van der Waals surface area contributed by atoms with Crippen LogP contribution in [0, 0.1) is 0 Å². The SMILES string of the molecule is CC(=O)CCOCCOCCNC(=O)CNC(=O)C(CC(=O)O)NC(=O)CNC(=O)C(CC(=O)O)NC(=O)C(CC(=O)O)NC(=O)C(CCCCN)NC(=O)CNC(=O)CCC(=O)O. The number of nitrogens with two attached hydrogens (primary N) is 1. The normalized spacial score (nSPS) is 12.4. The first-order valence-corrected chi connectivity index (χ1v) is 19.6. The summed E-state index contributed by atoms with van der Waals surface area (Å²) in [5.41, 5.74) is 5.49. The van der Waals surface area contributed by atoms with Crippen LogP contribution >= 0.6 is 0 Å². The van der Waals surface area contributed by atoms with Gasteiger partial charge < -0.3 is 78.2 Å². The summed E-state index contributed by atoms with van der Waals surface area (Å²) in [6, 6.07) is -7.21. The average Bonchev–Trinajstić information content (AvgIpc) is 3.20. The molecule has 0 aliphatic heterocycles. The molecule has 28 heteroatoms. The Morgan fingerprint density at radius 1 is 0.453 bits per heavy atom. The van der Waals surface area contributed by atoms with Gasteiger partial charge in [0.05, 0.1) is 71.7 Å². The predicted octanol–water partition coefficient (Wildman–Crippen LogP) is -6.18. The smallest absolute Gasteiger partial charge is 0.305 e. The molecule has 4 unspecified atom stereocenters. The van der Waals surface area contributed by atoms with Crippen molar-refractivity contribution in [2.45, 2.75) is 88.9 Å². The molecule has 0 aromatic carbocycles. The molecule has 14 N–H and O–H groups in total. The summed E-state index contributed by atoms with van der Waals surface area (Å²) in [7, 11) is 0. The highest BCUT2D eigenvalue weighted by atomic mass is 16.5. The molecule has 0 bridgehead atoms. The van der Waals surface area contributed by atoms with Crippen LogP contribution in [0.5, 0.6) is 0 Å². The molecule has 0 spiro atoms. The molecule has 0 fully saturated rings. The molecular weight excluding hydrogens is 862 g/mol. The molecule has 360 valence electrons. The van der Waals surface area contributed by atoms with E-state index in [1.54, 1.807) is 0 Å². The summed E-state index contributed by atoms with van der Waals surface area (Å²) < 4.78 is 10.4. The predicted molar refractivity (Wildman–Crippen MR) is 213 cm³/mol. The summed E-state index contributed by atoms with van der Waals surface area (Å²) in [6.45, 7) is -0.0208. The van der Waals surface area contributed by atoms with E-state index in [4.69, 9.17) is 20.3 Å². The molecule has 0 rings (SSSR count). The number of ether oxygens (including phenoxy) is 2. The van der Waals surface area contributed by atoms with Gasteiger partial charge in [-0.2, -0.15) is 0 Å². The summed E-state index contributed by atoms with van der Waals surface area (Å²) in [4.78, 5) is 157. The van der Waals surface area contributed by atoms with Gasteiger partial charge in [-0.3, -0.25) is 62.3 Å². The molecular formula is C36H57N9O19. The lowest BCUT2D eigenvalue weighted by atomic mass is 10.1. The summed E-state index contributed by atoms with van der Waals surface area (Å²) >= 11 is 0. The Bertz CT molecular complexity index is 1660. The van der Waals surface area contributed by atoms with Gasteiger partial charge in [-0.1, -0.05) is 0 Å². The Labute approximate surface area is 365 Å². The number of carboxylic acid groups (broad SMARTS) is 4. The monoisotopic (exact) mass is 919 g/mol. The van der Waals surface area contributed by atoms with Crippen molar-refractivity contribution in [1.82, 2.24) is 42.5 Å². The van der Waals surface area contributed by atoms with Gasteiger partial charge in [-0.25, -0.2) is 0 Å². The molecule has 0 heterocycles. The minimum Gasteiger partial charge on any atom is -0.481 e. The first kappa shape index (κ1) is 57.2. The quantitative estimate of drug-likeness (QED) is 0.0260. The number of unbranched alkanes of at least 4 members (excludes halogenated alkanes) is 1. The number of carbonyl (C=O) groups excluding carboxylic acids is 9. The van der Waals surface area contributed by atoms with E-state index in [0.717, 1.165) is 0 Å². The van der Waals surface area contributed by atoms with Gasteiger partial charge in [0.25, 0.3) is 0 Å². The van der Waals surface area contributed by atoms with Gasteiger partial charge in [0.15, 0.2) is 0 Å². The summed E-state index contributed by atoms with van der Waals surface area (Å²) in [6.07, 6.45) is -3.43. The molecule has 8 amide bonds. The number of Topliss-reactive ketones (excluding diaryl/α,β-unsaturated/α-hetero) is 1. The maximum Gasteiger partial charge on any atom is 0.305 e. The third kappa shape index (κ3) is 29.4. The fourth-order valence-electron chi connectivity index (χ4n) is 4.88. The molecule has 64 heavy (non-hydrogen) atoms. The highest BCUT2D eigenvalue weighted by Gasteiger charge is 2.32. The van der Waals surface area contributed by atoms with E-state index in [0.29, 0.717) is 6.42 Å². The molecule has 0 radical (unpaired) electrons. The van der Waals surface area contributed by atoms with Crippen LogP contribution in [0.4, 0.5) is 0 Å². The number of carbonyl (C=O) groups is 13. The van der Waals surface area contributed by atoms with Crippen LogP contribution in [0.15, 0.2) is 0 Å². The van der Waals surface area contributed by atoms with Gasteiger partial charge in [0.2, 0.25) is 47.3 Å². The number of carboxylic acids is 4. The minimum absolute atomic E-state index is 0.0227. The van der Waals surface area contributed by atoms with Crippen molar-refractivity contribution >= 4 is 76.9 Å². The number of rotatable bonds is 36. The van der Waals surface area contributed by atoms with Crippen LogP contribution in [0.2, 0.25) is 0 Å². The number of ketones is 1. The Balaban J connectivity index is 5.49. The summed E-state index contributed by atoms with van der Waals surface area (Å²) in [5.74, 6) is -14.7. The van der Waals surface area contributed by atoms with Gasteiger partial charge in [0.1, 0.15) is 30.0 Å². The second-order valence-corrected chi connectivity index (χ2v) is 13.6. The van der Waals surface area contributed by atoms with Gasteiger partial charge in [-0.05, 0) is 32.7 Å². The highest BCUT2D eigenvalue weighted by molar-refractivity contribution is 5.98. The number of amides is 8. The van der Waals surface area contributed by atoms with Crippen LogP contribution in [-0.2, 0) is 71.8 Å². The molecule has 0 saturated heterocycles. The lowest BCUT2D eigenvalue weighted by Crippen LogP contribution is -2.58. The molecule has 0 saturated carbocycles. The van der Waals surface area contributed by atoms with Crippen LogP contribution in [-0.4, -0.2) is 181 Å². The standard InChI is InChI=1S/C36H57N9O19/c1-20(46)7-10-63-12-13-64-11-9-38-26(48)17-40-33(59)22(14-30(53)54)43-28(50)19-41-34(60)23(15-31(55)56)44-36(62)24(16-32(57)58)45-35(61)21(4-2-3-8-37)42-27(49)18-39-25(47)5-6-29(51)52/h21-24H,2-19,37H2,1H3,(H,38,48)(H,39,47)(H,40,59)(H,41,60)(H,42,49)(H,43,50)(H,44,62)(H,45,61)(H,51,52)(H,53,54)(H,55,56)(H,57,58). The maximum absolute atomic E-state index is 13.2. The zero-order chi connectivity index (χ0) is 48.6. The first-order chi connectivity index (χ1) is 30.1. The molecule has 0 aliphatic carbocycles. The third-order valence-electron chi connectivity index (χ3n) is 8.05. The van der Waals surface area contributed by atoms with E-state index in [2.05, 4.69) is 26.6 Å². The molecule has 0 aromatic heterocycles. The fraction of sp³-hybridized carbons (Fsp3) is 0.639. The van der Waals surface area contributed by atoms with E-state index < -0.39 is 147 Å². The minimum atomic E-state index is -2.01. The zero-order valence-corrected chi connectivity index (χ0v) is 35.0. The zero-order valence-electron chi connectivity index (χ0n) is 35.0. The first-order valence-electron chi connectivity index (χ1n) is 19.6. The Morgan fingerprint density at radius 2 is 0.906 bits per heavy atom. The van der Waals surface area contributed by atoms with Crippen LogP contribution in [0.25, 0.3) is 0 Å². The Kier molecular flexibility index (Phi) is 29.3. The Hall–Kier alpha value is -6.81. The second-order valence-electron chi connectivity index (χ2n) is 13.6. The largest absolute Gasteiger partial charge is 0.481 e. The van der Waals surface area contributed by atoms with Crippen molar-refractivity contribution in [1.29, 1.82) is 0 Å². The van der Waals surface area contributed by atoms with E-state index >= 15 is 0 Å². The van der Waals surface area contributed by atoms with Crippen LogP contribution in [0.1, 0.15) is 64.7 Å². The lowest BCUT2D eigenvalue weighted by Gasteiger charge is -2.24. The number of hydrogen-bond acceptors (Lipinski definition) is 16. The average molecular weight is 920 g/mol.